The van der Waals surface area contributed by atoms with Crippen molar-refractivity contribution in [1.82, 2.24) is 9.71 Å². The normalized spacial score (nSPS) is 12.8. The van der Waals surface area contributed by atoms with Gasteiger partial charge in [0.25, 0.3) is 0 Å². The van der Waals surface area contributed by atoms with E-state index in [0.717, 1.165) is 5.56 Å². The molecule has 0 fully saturated rings. The number of aryl methyl sites for hydroxylation is 1. The SMILES string of the molecule is Cc1cnc2c(S(=O)(=O)NC(C(N)=O)c3ccccc3)cccc2c1. The molecule has 0 saturated heterocycles. The van der Waals surface area contributed by atoms with Crippen LogP contribution in [-0.2, 0) is 14.8 Å². The molecule has 1 unspecified atom stereocenters. The molecular formula is C18H17N3O3S. The molecule has 2 aromatic carbocycles. The predicted molar refractivity (Wildman–Crippen MR) is 95.2 cm³/mol. The first-order valence-corrected chi connectivity index (χ1v) is 9.09. The molecule has 0 bridgehead atoms. The fourth-order valence-corrected chi connectivity index (χ4v) is 3.99. The summed E-state index contributed by atoms with van der Waals surface area (Å²) in [7, 11) is -4.01. The van der Waals surface area contributed by atoms with Gasteiger partial charge >= 0.3 is 0 Å². The van der Waals surface area contributed by atoms with Crippen LogP contribution >= 0.6 is 0 Å². The van der Waals surface area contributed by atoms with E-state index in [1.54, 1.807) is 48.7 Å². The van der Waals surface area contributed by atoms with Crippen LogP contribution in [0.25, 0.3) is 10.9 Å². The highest BCUT2D eigenvalue weighted by atomic mass is 32.2. The van der Waals surface area contributed by atoms with Gasteiger partial charge in [-0.25, -0.2) is 8.42 Å². The standard InChI is InChI=1S/C18H17N3O3S/c1-12-10-14-8-5-9-15(16(14)20-11-12)25(23,24)21-17(18(19)22)13-6-3-2-4-7-13/h2-11,17,21H,1H3,(H2,19,22). The van der Waals surface area contributed by atoms with Gasteiger partial charge in [-0.1, -0.05) is 42.5 Å². The summed E-state index contributed by atoms with van der Waals surface area (Å²) in [5.41, 5.74) is 7.15. The number of sulfonamides is 1. The Morgan fingerprint density at radius 1 is 1.12 bits per heavy atom. The number of rotatable bonds is 5. The van der Waals surface area contributed by atoms with E-state index in [9.17, 15) is 13.2 Å². The van der Waals surface area contributed by atoms with Crippen molar-refractivity contribution >= 4 is 26.8 Å². The van der Waals surface area contributed by atoms with Gasteiger partial charge in [-0.05, 0) is 30.2 Å². The zero-order valence-corrected chi connectivity index (χ0v) is 14.3. The monoisotopic (exact) mass is 355 g/mol. The topological polar surface area (TPSA) is 102 Å². The maximum atomic E-state index is 12.9. The number of nitrogens with one attached hydrogen (secondary N) is 1. The Kier molecular flexibility index (Phi) is 4.52. The summed E-state index contributed by atoms with van der Waals surface area (Å²) < 4.78 is 28.1. The molecule has 25 heavy (non-hydrogen) atoms. The van der Waals surface area contributed by atoms with E-state index < -0.39 is 22.0 Å². The lowest BCUT2D eigenvalue weighted by Gasteiger charge is -2.16. The van der Waals surface area contributed by atoms with E-state index in [-0.39, 0.29) is 4.90 Å². The van der Waals surface area contributed by atoms with Crippen LogP contribution in [0.5, 0.6) is 0 Å². The number of carbonyl (C=O) groups is 1. The van der Waals surface area contributed by atoms with Gasteiger partial charge in [0, 0.05) is 11.6 Å². The van der Waals surface area contributed by atoms with Crippen molar-refractivity contribution in [2.24, 2.45) is 5.73 Å². The number of amides is 1. The van der Waals surface area contributed by atoms with Gasteiger partial charge in [-0.3, -0.25) is 9.78 Å². The van der Waals surface area contributed by atoms with Crippen molar-refractivity contribution in [3.8, 4) is 0 Å². The first kappa shape index (κ1) is 17.1. The van der Waals surface area contributed by atoms with Crippen molar-refractivity contribution in [1.29, 1.82) is 0 Å². The van der Waals surface area contributed by atoms with Crippen molar-refractivity contribution in [3.05, 3.63) is 71.9 Å². The molecular weight excluding hydrogens is 338 g/mol. The van der Waals surface area contributed by atoms with Crippen LogP contribution in [0.2, 0.25) is 0 Å². The third-order valence-electron chi connectivity index (χ3n) is 3.79. The van der Waals surface area contributed by atoms with E-state index in [2.05, 4.69) is 9.71 Å². The quantitative estimate of drug-likeness (QED) is 0.731. The highest BCUT2D eigenvalue weighted by molar-refractivity contribution is 7.89. The summed E-state index contributed by atoms with van der Waals surface area (Å²) in [6.07, 6.45) is 1.60. The Morgan fingerprint density at radius 3 is 2.52 bits per heavy atom. The lowest BCUT2D eigenvalue weighted by Crippen LogP contribution is -2.37. The van der Waals surface area contributed by atoms with Gasteiger partial charge in [-0.15, -0.1) is 0 Å². The minimum Gasteiger partial charge on any atom is -0.368 e. The first-order valence-electron chi connectivity index (χ1n) is 7.60. The van der Waals surface area contributed by atoms with Gasteiger partial charge in [-0.2, -0.15) is 4.72 Å². The molecule has 0 saturated carbocycles. The van der Waals surface area contributed by atoms with Crippen LogP contribution in [0.3, 0.4) is 0 Å². The summed E-state index contributed by atoms with van der Waals surface area (Å²) in [4.78, 5) is 16.0. The number of carbonyl (C=O) groups excluding carboxylic acids is 1. The zero-order chi connectivity index (χ0) is 18.0. The Hall–Kier alpha value is -2.77. The molecule has 128 valence electrons. The smallest absolute Gasteiger partial charge is 0.243 e. The molecule has 1 aromatic heterocycles. The highest BCUT2D eigenvalue weighted by Crippen LogP contribution is 2.24. The number of nitrogens with two attached hydrogens (primary N) is 1. The number of pyridine rings is 1. The molecule has 3 N–H and O–H groups in total. The molecule has 0 aliphatic carbocycles. The Labute approximate surface area is 145 Å². The minimum atomic E-state index is -4.01. The van der Waals surface area contributed by atoms with Gasteiger partial charge < -0.3 is 5.73 Å². The predicted octanol–water partition coefficient (Wildman–Crippen LogP) is 2.05. The van der Waals surface area contributed by atoms with Crippen LogP contribution in [0.1, 0.15) is 17.2 Å². The summed E-state index contributed by atoms with van der Waals surface area (Å²) in [6.45, 7) is 1.88. The average molecular weight is 355 g/mol. The number of aromatic nitrogens is 1. The van der Waals surface area contributed by atoms with E-state index >= 15 is 0 Å². The van der Waals surface area contributed by atoms with Crippen LogP contribution in [0.15, 0.2) is 65.7 Å². The summed E-state index contributed by atoms with van der Waals surface area (Å²) in [5.74, 6) is -0.779. The Balaban J connectivity index is 2.06. The summed E-state index contributed by atoms with van der Waals surface area (Å²) >= 11 is 0. The average Bonchev–Trinajstić information content (AvgIpc) is 2.59. The zero-order valence-electron chi connectivity index (χ0n) is 13.5. The van der Waals surface area contributed by atoms with Crippen LogP contribution in [0.4, 0.5) is 0 Å². The molecule has 0 aliphatic rings. The van der Waals surface area contributed by atoms with E-state index in [1.165, 1.54) is 6.07 Å². The van der Waals surface area contributed by atoms with Crippen LogP contribution in [-0.4, -0.2) is 19.3 Å². The first-order chi connectivity index (χ1) is 11.9. The van der Waals surface area contributed by atoms with Crippen LogP contribution < -0.4 is 10.5 Å². The molecule has 0 spiro atoms. The largest absolute Gasteiger partial charge is 0.368 e. The number of fused-ring (bicyclic) bond motifs is 1. The molecule has 6 nitrogen and oxygen atoms in total. The van der Waals surface area contributed by atoms with Gasteiger partial charge in [0.05, 0.1) is 5.52 Å². The van der Waals surface area contributed by atoms with E-state index in [0.29, 0.717) is 16.5 Å². The lowest BCUT2D eigenvalue weighted by molar-refractivity contribution is -0.119. The number of primary amides is 1. The van der Waals surface area contributed by atoms with Gasteiger partial charge in [0.15, 0.2) is 0 Å². The molecule has 7 heteroatoms. The van der Waals surface area contributed by atoms with Crippen LogP contribution in [0, 0.1) is 6.92 Å². The van der Waals surface area contributed by atoms with E-state index in [1.807, 2.05) is 13.0 Å². The molecule has 3 rings (SSSR count). The third-order valence-corrected chi connectivity index (χ3v) is 5.25. The van der Waals surface area contributed by atoms with Crippen molar-refractivity contribution in [2.45, 2.75) is 17.9 Å². The molecule has 1 atom stereocenters. The molecule has 3 aromatic rings. The molecule has 1 heterocycles. The fraction of sp³-hybridized carbons (Fsp3) is 0.111. The second kappa shape index (κ2) is 6.62. The highest BCUT2D eigenvalue weighted by Gasteiger charge is 2.27. The molecule has 0 radical (unpaired) electrons. The summed E-state index contributed by atoms with van der Waals surface area (Å²) in [5, 5.41) is 0.707. The van der Waals surface area contributed by atoms with Crippen molar-refractivity contribution < 1.29 is 13.2 Å². The maximum absolute atomic E-state index is 12.9. The summed E-state index contributed by atoms with van der Waals surface area (Å²) in [6, 6.07) is 14.0. The maximum Gasteiger partial charge on any atom is 0.243 e. The fourth-order valence-electron chi connectivity index (χ4n) is 2.61. The number of para-hydroxylation sites is 1. The van der Waals surface area contributed by atoms with Gasteiger partial charge in [0.2, 0.25) is 15.9 Å². The van der Waals surface area contributed by atoms with Crippen molar-refractivity contribution in [3.63, 3.8) is 0 Å². The van der Waals surface area contributed by atoms with Crippen molar-refractivity contribution in [2.75, 3.05) is 0 Å². The molecule has 0 aliphatic heterocycles. The second-order valence-electron chi connectivity index (χ2n) is 5.71. The Morgan fingerprint density at radius 2 is 1.84 bits per heavy atom. The molecule has 1 amide bonds. The lowest BCUT2D eigenvalue weighted by atomic mass is 10.1. The van der Waals surface area contributed by atoms with E-state index in [4.69, 9.17) is 5.73 Å². The number of hydrogen-bond donors (Lipinski definition) is 2. The number of benzene rings is 2. The number of nitrogens with zero attached hydrogens (tertiary/aromatic N) is 1. The number of hydrogen-bond acceptors (Lipinski definition) is 4. The minimum absolute atomic E-state index is 0.00665. The van der Waals surface area contributed by atoms with Gasteiger partial charge in [0.1, 0.15) is 10.9 Å². The Bertz CT molecular complexity index is 1030. The second-order valence-corrected chi connectivity index (χ2v) is 7.39. The third kappa shape index (κ3) is 3.52.